The van der Waals surface area contributed by atoms with Crippen molar-refractivity contribution in [3.05, 3.63) is 28.2 Å². The highest BCUT2D eigenvalue weighted by Gasteiger charge is 2.35. The Labute approximate surface area is 134 Å². The summed E-state index contributed by atoms with van der Waals surface area (Å²) in [5.41, 5.74) is 0.923. The lowest BCUT2D eigenvalue weighted by atomic mass is 9.84. The second kappa shape index (κ2) is 6.79. The summed E-state index contributed by atoms with van der Waals surface area (Å²) in [6.07, 6.45) is 1.18. The van der Waals surface area contributed by atoms with Crippen LogP contribution >= 0.6 is 27.7 Å². The van der Waals surface area contributed by atoms with Crippen molar-refractivity contribution in [1.82, 2.24) is 5.32 Å². The van der Waals surface area contributed by atoms with E-state index in [-0.39, 0.29) is 5.75 Å². The molecule has 1 aromatic rings. The fourth-order valence-electron chi connectivity index (χ4n) is 2.32. The first-order chi connectivity index (χ1) is 9.84. The minimum absolute atomic E-state index is 0.217. The summed E-state index contributed by atoms with van der Waals surface area (Å²) in [4.78, 5) is 0. The predicted molar refractivity (Wildman–Crippen MR) is 82.6 cm³/mol. The zero-order valence-electron chi connectivity index (χ0n) is 11.6. The Morgan fingerprint density at radius 3 is 2.57 bits per heavy atom. The number of benzene rings is 1. The Morgan fingerprint density at radius 2 is 2.10 bits per heavy atom. The third-order valence-electron chi connectivity index (χ3n) is 3.70. The summed E-state index contributed by atoms with van der Waals surface area (Å²) >= 11 is 5.00. The molecule has 0 unspecified atom stereocenters. The predicted octanol–water partition coefficient (Wildman–Crippen LogP) is 4.72. The summed E-state index contributed by atoms with van der Waals surface area (Å²) in [5.74, 6) is -0.217. The van der Waals surface area contributed by atoms with E-state index >= 15 is 0 Å². The summed E-state index contributed by atoms with van der Waals surface area (Å²) in [6.45, 7) is 1.56. The Balaban J connectivity index is 1.88. The van der Waals surface area contributed by atoms with Crippen LogP contribution in [0.15, 0.2) is 22.7 Å². The second-order valence-corrected chi connectivity index (χ2v) is 7.29. The molecule has 1 saturated carbocycles. The first-order valence-electron chi connectivity index (χ1n) is 6.64. The monoisotopic (exact) mass is 383 g/mol. The van der Waals surface area contributed by atoms with E-state index in [1.54, 1.807) is 12.1 Å². The van der Waals surface area contributed by atoms with Crippen LogP contribution in [0.4, 0.5) is 13.2 Å². The highest BCUT2D eigenvalue weighted by Crippen LogP contribution is 2.42. The second-order valence-electron chi connectivity index (χ2n) is 5.16. The summed E-state index contributed by atoms with van der Waals surface area (Å²) < 4.78 is 41.1. The Bertz CT molecular complexity index is 486. The number of rotatable bonds is 6. The number of ether oxygens (including phenoxy) is 1. The number of hydrogen-bond acceptors (Lipinski definition) is 3. The highest BCUT2D eigenvalue weighted by molar-refractivity contribution is 9.10. The molecule has 2 rings (SSSR count). The molecule has 7 heteroatoms. The molecule has 0 aliphatic heterocycles. The normalized spacial score (nSPS) is 17.4. The van der Waals surface area contributed by atoms with Crippen LogP contribution in [-0.4, -0.2) is 23.9 Å². The molecule has 0 atom stereocenters. The Morgan fingerprint density at radius 1 is 1.38 bits per heavy atom. The molecule has 0 bridgehead atoms. The molecule has 1 fully saturated rings. The van der Waals surface area contributed by atoms with E-state index in [1.165, 1.54) is 25.3 Å². The van der Waals surface area contributed by atoms with Crippen molar-refractivity contribution in [3.8, 4) is 5.75 Å². The molecular weight excluding hydrogens is 367 g/mol. The van der Waals surface area contributed by atoms with Gasteiger partial charge in [0.15, 0.2) is 0 Å². The van der Waals surface area contributed by atoms with Crippen LogP contribution in [0, 0.1) is 0 Å². The lowest BCUT2D eigenvalue weighted by Gasteiger charge is -2.40. The SMILES string of the molecule is CSC1(CNCc2ccc(OC(F)(F)F)c(Br)c2)CCC1. The first kappa shape index (κ1) is 17.0. The molecule has 0 aromatic heterocycles. The van der Waals surface area contributed by atoms with E-state index in [9.17, 15) is 13.2 Å². The highest BCUT2D eigenvalue weighted by atomic mass is 79.9. The van der Waals surface area contributed by atoms with Crippen molar-refractivity contribution < 1.29 is 17.9 Å². The fraction of sp³-hybridized carbons (Fsp3) is 0.571. The number of nitrogens with one attached hydrogen (secondary N) is 1. The molecule has 1 N–H and O–H groups in total. The third kappa shape index (κ3) is 4.79. The van der Waals surface area contributed by atoms with Gasteiger partial charge in [-0.2, -0.15) is 11.8 Å². The first-order valence-corrected chi connectivity index (χ1v) is 8.65. The molecule has 0 saturated heterocycles. The van der Waals surface area contributed by atoms with Gasteiger partial charge in [0, 0.05) is 17.8 Å². The molecular formula is C14H17BrF3NOS. The van der Waals surface area contributed by atoms with E-state index in [0.717, 1.165) is 12.1 Å². The lowest BCUT2D eigenvalue weighted by molar-refractivity contribution is -0.274. The van der Waals surface area contributed by atoms with Gasteiger partial charge < -0.3 is 10.1 Å². The number of thioether (sulfide) groups is 1. The van der Waals surface area contributed by atoms with Gasteiger partial charge in [0.2, 0.25) is 0 Å². The van der Waals surface area contributed by atoms with Crippen molar-refractivity contribution in [3.63, 3.8) is 0 Å². The van der Waals surface area contributed by atoms with E-state index in [1.807, 2.05) is 11.8 Å². The third-order valence-corrected chi connectivity index (χ3v) is 5.73. The van der Waals surface area contributed by atoms with Gasteiger partial charge in [-0.05, 0) is 52.7 Å². The Hall–Kier alpha value is -0.400. The van der Waals surface area contributed by atoms with E-state index < -0.39 is 6.36 Å². The molecule has 0 radical (unpaired) electrons. The van der Waals surface area contributed by atoms with Crippen LogP contribution in [0.3, 0.4) is 0 Å². The molecule has 0 spiro atoms. The number of hydrogen-bond donors (Lipinski definition) is 1. The van der Waals surface area contributed by atoms with Crippen molar-refractivity contribution in [2.75, 3.05) is 12.8 Å². The fourth-order valence-corrected chi connectivity index (χ4v) is 3.77. The minimum atomic E-state index is -4.67. The molecule has 1 aliphatic rings. The minimum Gasteiger partial charge on any atom is -0.405 e. The number of halogens is 4. The largest absolute Gasteiger partial charge is 0.573 e. The van der Waals surface area contributed by atoms with Gasteiger partial charge >= 0.3 is 6.36 Å². The average Bonchev–Trinajstić information content (AvgIpc) is 2.34. The van der Waals surface area contributed by atoms with Gasteiger partial charge in [0.1, 0.15) is 5.75 Å². The summed E-state index contributed by atoms with van der Waals surface area (Å²) in [6, 6.07) is 4.63. The molecule has 1 aromatic carbocycles. The van der Waals surface area contributed by atoms with Gasteiger partial charge in [-0.25, -0.2) is 0 Å². The maximum Gasteiger partial charge on any atom is 0.573 e. The summed E-state index contributed by atoms with van der Waals surface area (Å²) in [7, 11) is 0. The number of alkyl halides is 3. The molecule has 1 aliphatic carbocycles. The Kier molecular flexibility index (Phi) is 5.48. The quantitative estimate of drug-likeness (QED) is 0.767. The van der Waals surface area contributed by atoms with E-state index in [0.29, 0.717) is 15.8 Å². The van der Waals surface area contributed by atoms with Gasteiger partial charge in [0.25, 0.3) is 0 Å². The van der Waals surface area contributed by atoms with Crippen molar-refractivity contribution in [2.45, 2.75) is 36.9 Å². The van der Waals surface area contributed by atoms with Crippen LogP contribution in [0.5, 0.6) is 5.75 Å². The molecule has 0 heterocycles. The van der Waals surface area contributed by atoms with Crippen LogP contribution < -0.4 is 10.1 Å². The van der Waals surface area contributed by atoms with Crippen LogP contribution in [0.25, 0.3) is 0 Å². The smallest absolute Gasteiger partial charge is 0.405 e. The summed E-state index contributed by atoms with van der Waals surface area (Å²) in [5, 5.41) is 3.39. The van der Waals surface area contributed by atoms with E-state index in [4.69, 9.17) is 0 Å². The lowest BCUT2D eigenvalue weighted by Crippen LogP contribution is -2.43. The average molecular weight is 384 g/mol. The zero-order chi connectivity index (χ0) is 15.5. The molecule has 118 valence electrons. The van der Waals surface area contributed by atoms with Crippen LogP contribution in [-0.2, 0) is 6.54 Å². The van der Waals surface area contributed by atoms with Crippen molar-refractivity contribution in [1.29, 1.82) is 0 Å². The van der Waals surface area contributed by atoms with Gasteiger partial charge in [0.05, 0.1) is 4.47 Å². The maximum atomic E-state index is 12.2. The zero-order valence-corrected chi connectivity index (χ0v) is 14.0. The topological polar surface area (TPSA) is 21.3 Å². The molecule has 2 nitrogen and oxygen atoms in total. The van der Waals surface area contributed by atoms with E-state index in [2.05, 4.69) is 32.2 Å². The van der Waals surface area contributed by atoms with Crippen LogP contribution in [0.2, 0.25) is 0 Å². The standard InChI is InChI=1S/C14H17BrF3NOS/c1-21-13(5-2-6-13)9-19-8-10-3-4-12(11(15)7-10)20-14(16,17)18/h3-4,7,19H,2,5-6,8-9H2,1H3. The van der Waals surface area contributed by atoms with Gasteiger partial charge in [-0.1, -0.05) is 12.5 Å². The maximum absolute atomic E-state index is 12.2. The molecule has 21 heavy (non-hydrogen) atoms. The van der Waals surface area contributed by atoms with Crippen LogP contribution in [0.1, 0.15) is 24.8 Å². The van der Waals surface area contributed by atoms with Gasteiger partial charge in [-0.15, -0.1) is 13.2 Å². The van der Waals surface area contributed by atoms with Crippen molar-refractivity contribution >= 4 is 27.7 Å². The van der Waals surface area contributed by atoms with Gasteiger partial charge in [-0.3, -0.25) is 0 Å². The van der Waals surface area contributed by atoms with Crippen molar-refractivity contribution in [2.24, 2.45) is 0 Å². The molecule has 0 amide bonds.